The molecule has 0 spiro atoms. The SMILES string of the molecule is CC[C@H](C)C(=N)C(=O)N1CC(c2cc(F)ccc2F)=CC1C1C=CC=CC1C. The van der Waals surface area contributed by atoms with Crippen molar-refractivity contribution in [3.63, 3.8) is 0 Å². The Morgan fingerprint density at radius 2 is 2.00 bits per heavy atom. The maximum atomic E-state index is 14.4. The Labute approximate surface area is 164 Å². The molecule has 1 amide bonds. The first-order valence-corrected chi connectivity index (χ1v) is 9.74. The van der Waals surface area contributed by atoms with E-state index in [1.807, 2.05) is 38.2 Å². The molecule has 1 aliphatic heterocycles. The molecule has 1 heterocycles. The summed E-state index contributed by atoms with van der Waals surface area (Å²) in [5, 5.41) is 8.29. The summed E-state index contributed by atoms with van der Waals surface area (Å²) in [4.78, 5) is 14.7. The van der Waals surface area contributed by atoms with E-state index < -0.39 is 11.6 Å². The van der Waals surface area contributed by atoms with E-state index in [9.17, 15) is 13.6 Å². The molecule has 4 atom stereocenters. The number of benzene rings is 1. The van der Waals surface area contributed by atoms with Crippen LogP contribution in [0.3, 0.4) is 0 Å². The van der Waals surface area contributed by atoms with Crippen LogP contribution >= 0.6 is 0 Å². The lowest BCUT2D eigenvalue weighted by Gasteiger charge is -2.34. The molecule has 5 heteroatoms. The predicted octanol–water partition coefficient (Wildman–Crippen LogP) is 5.00. The standard InChI is InChI=1S/C23H26F2N2O/c1-4-14(2)22(26)23(28)27-13-16(19-12-17(24)9-10-20(19)25)11-21(27)18-8-6-5-7-15(18)3/h5-12,14-15,18,21,26H,4,13H2,1-3H3/t14-,15?,18?,21?/m0/s1. The summed E-state index contributed by atoms with van der Waals surface area (Å²) in [7, 11) is 0. The molecule has 1 aromatic carbocycles. The van der Waals surface area contributed by atoms with Crippen molar-refractivity contribution in [2.75, 3.05) is 6.54 Å². The Hall–Kier alpha value is -2.56. The third-order valence-electron chi connectivity index (χ3n) is 5.80. The molecule has 1 aromatic rings. The number of carbonyl (C=O) groups is 1. The van der Waals surface area contributed by atoms with Crippen LogP contribution in [0.1, 0.15) is 32.8 Å². The zero-order valence-corrected chi connectivity index (χ0v) is 16.5. The summed E-state index contributed by atoms with van der Waals surface area (Å²) >= 11 is 0. The second kappa shape index (κ2) is 8.21. The Balaban J connectivity index is 1.98. The highest BCUT2D eigenvalue weighted by atomic mass is 19.1. The summed E-state index contributed by atoms with van der Waals surface area (Å²) in [5.74, 6) is -1.30. The van der Waals surface area contributed by atoms with Crippen molar-refractivity contribution in [1.82, 2.24) is 4.90 Å². The van der Waals surface area contributed by atoms with Crippen molar-refractivity contribution in [3.8, 4) is 0 Å². The number of halogens is 2. The molecule has 0 saturated heterocycles. The third-order valence-corrected chi connectivity index (χ3v) is 5.80. The normalized spacial score (nSPS) is 25.0. The molecule has 0 saturated carbocycles. The van der Waals surface area contributed by atoms with Crippen molar-refractivity contribution in [2.24, 2.45) is 17.8 Å². The minimum absolute atomic E-state index is 0.0211. The molecule has 0 fully saturated rings. The molecule has 0 bridgehead atoms. The highest BCUT2D eigenvalue weighted by molar-refractivity contribution is 6.38. The quantitative estimate of drug-likeness (QED) is 0.713. The van der Waals surface area contributed by atoms with Crippen LogP contribution in [-0.4, -0.2) is 29.1 Å². The molecule has 148 valence electrons. The van der Waals surface area contributed by atoms with Crippen LogP contribution < -0.4 is 0 Å². The van der Waals surface area contributed by atoms with E-state index in [2.05, 4.69) is 13.0 Å². The van der Waals surface area contributed by atoms with Gasteiger partial charge in [-0.2, -0.15) is 0 Å². The molecule has 3 unspecified atom stereocenters. The molecule has 3 nitrogen and oxygen atoms in total. The summed E-state index contributed by atoms with van der Waals surface area (Å²) < 4.78 is 28.1. The number of hydrogen-bond donors (Lipinski definition) is 1. The molecule has 0 radical (unpaired) electrons. The lowest BCUT2D eigenvalue weighted by Crippen LogP contribution is -2.46. The molecule has 2 aliphatic rings. The van der Waals surface area contributed by atoms with Crippen molar-refractivity contribution in [2.45, 2.75) is 33.2 Å². The number of nitrogens with zero attached hydrogens (tertiary/aromatic N) is 1. The van der Waals surface area contributed by atoms with Gasteiger partial charge in [-0.25, -0.2) is 8.78 Å². The van der Waals surface area contributed by atoms with Gasteiger partial charge in [-0.15, -0.1) is 0 Å². The first-order chi connectivity index (χ1) is 13.3. The van der Waals surface area contributed by atoms with Gasteiger partial charge >= 0.3 is 0 Å². The molecular weight excluding hydrogens is 358 g/mol. The van der Waals surface area contributed by atoms with Gasteiger partial charge in [0.2, 0.25) is 0 Å². The Morgan fingerprint density at radius 1 is 1.29 bits per heavy atom. The van der Waals surface area contributed by atoms with Crippen molar-refractivity contribution >= 4 is 17.2 Å². The molecule has 0 aromatic heterocycles. The highest BCUT2D eigenvalue weighted by Gasteiger charge is 2.38. The fourth-order valence-electron chi connectivity index (χ4n) is 3.81. The molecule has 1 N–H and O–H groups in total. The second-order valence-corrected chi connectivity index (χ2v) is 7.67. The van der Waals surface area contributed by atoms with Crippen LogP contribution in [0.15, 0.2) is 48.6 Å². The van der Waals surface area contributed by atoms with E-state index in [1.54, 1.807) is 4.90 Å². The van der Waals surface area contributed by atoms with E-state index in [0.717, 1.165) is 12.1 Å². The van der Waals surface area contributed by atoms with Crippen molar-refractivity contribution in [3.05, 3.63) is 65.8 Å². The fraction of sp³-hybridized carbons (Fsp3) is 0.391. The van der Waals surface area contributed by atoms with E-state index >= 15 is 0 Å². The van der Waals surface area contributed by atoms with Gasteiger partial charge in [-0.3, -0.25) is 10.2 Å². The summed E-state index contributed by atoms with van der Waals surface area (Å²) in [5.41, 5.74) is 0.825. The largest absolute Gasteiger partial charge is 0.326 e. The van der Waals surface area contributed by atoms with Gasteiger partial charge in [-0.1, -0.05) is 51.2 Å². The number of carbonyl (C=O) groups excluding carboxylic acids is 1. The number of amides is 1. The van der Waals surface area contributed by atoms with E-state index in [0.29, 0.717) is 12.0 Å². The summed E-state index contributed by atoms with van der Waals surface area (Å²) in [6.07, 6.45) is 10.6. The fourth-order valence-corrected chi connectivity index (χ4v) is 3.81. The lowest BCUT2D eigenvalue weighted by atomic mass is 9.83. The van der Waals surface area contributed by atoms with Crippen LogP contribution in [0.4, 0.5) is 8.78 Å². The van der Waals surface area contributed by atoms with Crippen LogP contribution in [0.25, 0.3) is 5.57 Å². The molecular formula is C23H26F2N2O. The first kappa shape index (κ1) is 20.2. The highest BCUT2D eigenvalue weighted by Crippen LogP contribution is 2.35. The van der Waals surface area contributed by atoms with E-state index in [1.165, 1.54) is 6.07 Å². The van der Waals surface area contributed by atoms with Crippen molar-refractivity contribution in [1.29, 1.82) is 5.41 Å². The second-order valence-electron chi connectivity index (χ2n) is 7.67. The molecule has 3 rings (SSSR count). The molecule has 28 heavy (non-hydrogen) atoms. The number of allylic oxidation sites excluding steroid dienone is 3. The van der Waals surface area contributed by atoms with E-state index in [-0.39, 0.29) is 47.5 Å². The predicted molar refractivity (Wildman–Crippen MR) is 108 cm³/mol. The monoisotopic (exact) mass is 384 g/mol. The average molecular weight is 384 g/mol. The zero-order chi connectivity index (χ0) is 20.4. The number of hydrogen-bond acceptors (Lipinski definition) is 2. The smallest absolute Gasteiger partial charge is 0.268 e. The summed E-state index contributed by atoms with van der Waals surface area (Å²) in [6, 6.07) is 3.07. The van der Waals surface area contributed by atoms with Gasteiger partial charge in [0.05, 0.1) is 11.8 Å². The lowest BCUT2D eigenvalue weighted by molar-refractivity contribution is -0.125. The average Bonchev–Trinajstić information content (AvgIpc) is 3.13. The Kier molecular flexibility index (Phi) is 5.92. The first-order valence-electron chi connectivity index (χ1n) is 9.74. The Morgan fingerprint density at radius 3 is 2.68 bits per heavy atom. The van der Waals surface area contributed by atoms with Crippen molar-refractivity contribution < 1.29 is 13.6 Å². The number of nitrogens with one attached hydrogen (secondary N) is 1. The van der Waals surface area contributed by atoms with Gasteiger partial charge in [0.15, 0.2) is 0 Å². The maximum Gasteiger partial charge on any atom is 0.268 e. The van der Waals surface area contributed by atoms with Gasteiger partial charge in [0.1, 0.15) is 11.6 Å². The van der Waals surface area contributed by atoms with Crippen LogP contribution in [0, 0.1) is 34.8 Å². The minimum atomic E-state index is -0.514. The van der Waals surface area contributed by atoms with Crippen LogP contribution in [0.2, 0.25) is 0 Å². The van der Waals surface area contributed by atoms with Crippen LogP contribution in [-0.2, 0) is 4.79 Å². The number of rotatable bonds is 5. The van der Waals surface area contributed by atoms with Crippen LogP contribution in [0.5, 0.6) is 0 Å². The maximum absolute atomic E-state index is 14.4. The van der Waals surface area contributed by atoms with Gasteiger partial charge in [-0.05, 0) is 36.1 Å². The van der Waals surface area contributed by atoms with Gasteiger partial charge in [0.25, 0.3) is 5.91 Å². The summed E-state index contributed by atoms with van der Waals surface area (Å²) in [6.45, 7) is 6.04. The topological polar surface area (TPSA) is 44.2 Å². The third kappa shape index (κ3) is 3.84. The van der Waals surface area contributed by atoms with Gasteiger partial charge < -0.3 is 4.90 Å². The minimum Gasteiger partial charge on any atom is -0.326 e. The zero-order valence-electron chi connectivity index (χ0n) is 16.5. The van der Waals surface area contributed by atoms with Gasteiger partial charge in [0, 0.05) is 23.9 Å². The van der Waals surface area contributed by atoms with E-state index in [4.69, 9.17) is 5.41 Å². The molecule has 1 aliphatic carbocycles. The Bertz CT molecular complexity index is 871.